The number of carbonyl (C=O) groups excluding carboxylic acids is 1. The van der Waals surface area contributed by atoms with Gasteiger partial charge in [0.2, 0.25) is 0 Å². The van der Waals surface area contributed by atoms with Gasteiger partial charge in [-0.05, 0) is 41.5 Å². The maximum absolute atomic E-state index is 12.8. The highest BCUT2D eigenvalue weighted by Crippen LogP contribution is 2.23. The Morgan fingerprint density at radius 3 is 2.09 bits per heavy atom. The quantitative estimate of drug-likeness (QED) is 0.925. The zero-order chi connectivity index (χ0) is 17.3. The van der Waals surface area contributed by atoms with Crippen molar-refractivity contribution in [3.8, 4) is 0 Å². The van der Waals surface area contributed by atoms with Gasteiger partial charge in [-0.2, -0.15) is 0 Å². The van der Waals surface area contributed by atoms with E-state index in [4.69, 9.17) is 0 Å². The molecule has 0 unspecified atom stereocenters. The summed E-state index contributed by atoms with van der Waals surface area (Å²) in [5.74, 6) is 0.240. The van der Waals surface area contributed by atoms with Gasteiger partial charge in [-0.1, -0.05) is 20.8 Å². The van der Waals surface area contributed by atoms with Crippen LogP contribution in [0.1, 0.15) is 68.0 Å². The summed E-state index contributed by atoms with van der Waals surface area (Å²) in [5.41, 5.74) is 0.572. The topological polar surface area (TPSA) is 46.9 Å². The summed E-state index contributed by atoms with van der Waals surface area (Å²) in [7, 11) is 0. The molecule has 0 bridgehead atoms. The van der Waals surface area contributed by atoms with Crippen LogP contribution in [-0.4, -0.2) is 26.9 Å². The van der Waals surface area contributed by atoms with Gasteiger partial charge in [-0.3, -0.25) is 4.79 Å². The normalized spacial score (nSPS) is 15.0. The van der Waals surface area contributed by atoms with Crippen LogP contribution in [0.5, 0.6) is 0 Å². The minimum atomic E-state index is -0.366. The third-order valence-corrected chi connectivity index (χ3v) is 3.51. The van der Waals surface area contributed by atoms with Crippen LogP contribution < -0.4 is 5.32 Å². The van der Waals surface area contributed by atoms with Gasteiger partial charge in [-0.15, -0.1) is 0 Å². The van der Waals surface area contributed by atoms with E-state index in [1.165, 1.54) is 0 Å². The van der Waals surface area contributed by atoms with Gasteiger partial charge in [0, 0.05) is 34.8 Å². The van der Waals surface area contributed by atoms with Crippen LogP contribution in [0.25, 0.3) is 0 Å². The standard InChI is InChI=1S/C18H33N3O/c1-16(2,3)15(22)14(20-17(4,5)6)10-13-11-19-12-21(13)18(7,8)9/h11-12,14,20H,10H2,1-9H3/t14-/m0/s1. The van der Waals surface area contributed by atoms with Crippen LogP contribution in [0.3, 0.4) is 0 Å². The summed E-state index contributed by atoms with van der Waals surface area (Å²) in [6, 6.07) is -0.210. The SMILES string of the molecule is CC(C)(C)N[C@@H](Cc1cncn1C(C)(C)C)C(=O)C(C)(C)C. The lowest BCUT2D eigenvalue weighted by Crippen LogP contribution is -2.52. The fraction of sp³-hybridized carbons (Fsp3) is 0.778. The second kappa shape index (κ2) is 6.15. The highest BCUT2D eigenvalue weighted by Gasteiger charge is 2.33. The molecule has 4 heteroatoms. The first-order chi connectivity index (χ1) is 9.72. The molecular weight excluding hydrogens is 274 g/mol. The van der Waals surface area contributed by atoms with Crippen molar-refractivity contribution < 1.29 is 4.79 Å². The summed E-state index contributed by atoms with van der Waals surface area (Å²) >= 11 is 0. The summed E-state index contributed by atoms with van der Waals surface area (Å²) in [4.78, 5) is 17.1. The first-order valence-corrected chi connectivity index (χ1v) is 8.05. The molecule has 1 atom stereocenters. The van der Waals surface area contributed by atoms with Crippen molar-refractivity contribution in [3.63, 3.8) is 0 Å². The van der Waals surface area contributed by atoms with Crippen molar-refractivity contribution in [2.75, 3.05) is 0 Å². The molecule has 0 aliphatic heterocycles. The highest BCUT2D eigenvalue weighted by molar-refractivity contribution is 5.89. The Morgan fingerprint density at radius 2 is 1.68 bits per heavy atom. The van der Waals surface area contributed by atoms with Crippen LogP contribution in [0.4, 0.5) is 0 Å². The molecule has 0 aliphatic rings. The third kappa shape index (κ3) is 5.24. The molecule has 0 aliphatic carbocycles. The lowest BCUT2D eigenvalue weighted by atomic mass is 9.84. The minimum Gasteiger partial charge on any atom is -0.329 e. The van der Waals surface area contributed by atoms with E-state index in [0.29, 0.717) is 6.42 Å². The predicted molar refractivity (Wildman–Crippen MR) is 92.1 cm³/mol. The molecule has 1 aromatic heterocycles. The van der Waals surface area contributed by atoms with E-state index in [2.05, 4.69) is 56.4 Å². The monoisotopic (exact) mass is 307 g/mol. The smallest absolute Gasteiger partial charge is 0.155 e. The number of ketones is 1. The van der Waals surface area contributed by atoms with Gasteiger partial charge in [0.1, 0.15) is 0 Å². The maximum atomic E-state index is 12.8. The Labute approximate surface area is 135 Å². The lowest BCUT2D eigenvalue weighted by molar-refractivity contribution is -0.129. The van der Waals surface area contributed by atoms with Crippen molar-refractivity contribution in [1.29, 1.82) is 0 Å². The van der Waals surface area contributed by atoms with Gasteiger partial charge in [-0.25, -0.2) is 4.98 Å². The number of aromatic nitrogens is 2. The fourth-order valence-corrected chi connectivity index (χ4v) is 2.54. The summed E-state index contributed by atoms with van der Waals surface area (Å²) < 4.78 is 2.15. The van der Waals surface area contributed by atoms with Crippen LogP contribution in [-0.2, 0) is 16.8 Å². The Morgan fingerprint density at radius 1 is 1.14 bits per heavy atom. The molecular formula is C18H33N3O. The van der Waals surface area contributed by atoms with Crippen LogP contribution in [0, 0.1) is 5.41 Å². The van der Waals surface area contributed by atoms with Crippen LogP contribution in [0.2, 0.25) is 0 Å². The van der Waals surface area contributed by atoms with Crippen molar-refractivity contribution in [1.82, 2.24) is 14.9 Å². The van der Waals surface area contributed by atoms with E-state index in [0.717, 1.165) is 5.69 Å². The number of rotatable bonds is 4. The molecule has 0 aromatic carbocycles. The van der Waals surface area contributed by atoms with E-state index in [-0.39, 0.29) is 28.3 Å². The van der Waals surface area contributed by atoms with Crippen LogP contribution >= 0.6 is 0 Å². The third-order valence-electron chi connectivity index (χ3n) is 3.51. The number of hydrogen-bond acceptors (Lipinski definition) is 3. The molecule has 0 amide bonds. The molecule has 1 heterocycles. The number of nitrogens with one attached hydrogen (secondary N) is 1. The Kier molecular flexibility index (Phi) is 5.28. The zero-order valence-corrected chi connectivity index (χ0v) is 15.7. The first-order valence-electron chi connectivity index (χ1n) is 8.05. The Hall–Kier alpha value is -1.16. The van der Waals surface area contributed by atoms with E-state index in [9.17, 15) is 4.79 Å². The van der Waals surface area contributed by atoms with Gasteiger partial charge >= 0.3 is 0 Å². The van der Waals surface area contributed by atoms with Gasteiger partial charge in [0.05, 0.1) is 12.4 Å². The van der Waals surface area contributed by atoms with Crippen molar-refractivity contribution in [3.05, 3.63) is 18.2 Å². The molecule has 0 spiro atoms. The summed E-state index contributed by atoms with van der Waals surface area (Å²) in [5, 5.41) is 3.49. The van der Waals surface area contributed by atoms with Gasteiger partial charge < -0.3 is 9.88 Å². The van der Waals surface area contributed by atoms with Crippen molar-refractivity contribution >= 4 is 5.78 Å². The number of hydrogen-bond donors (Lipinski definition) is 1. The molecule has 0 saturated heterocycles. The van der Waals surface area contributed by atoms with Crippen LogP contribution in [0.15, 0.2) is 12.5 Å². The molecule has 1 aromatic rings. The molecule has 1 N–H and O–H groups in total. The molecule has 126 valence electrons. The highest BCUT2D eigenvalue weighted by atomic mass is 16.1. The zero-order valence-electron chi connectivity index (χ0n) is 15.7. The fourth-order valence-electron chi connectivity index (χ4n) is 2.54. The summed E-state index contributed by atoms with van der Waals surface area (Å²) in [6.07, 6.45) is 4.38. The minimum absolute atomic E-state index is 0.0388. The van der Waals surface area contributed by atoms with E-state index < -0.39 is 0 Å². The van der Waals surface area contributed by atoms with E-state index >= 15 is 0 Å². The number of imidazole rings is 1. The predicted octanol–water partition coefficient (Wildman–Crippen LogP) is 3.55. The second-order valence-electron chi connectivity index (χ2n) is 9.19. The summed E-state index contributed by atoms with van der Waals surface area (Å²) in [6.45, 7) is 18.7. The lowest BCUT2D eigenvalue weighted by Gasteiger charge is -2.33. The average Bonchev–Trinajstić information content (AvgIpc) is 2.71. The van der Waals surface area contributed by atoms with E-state index in [1.54, 1.807) is 0 Å². The Bertz CT molecular complexity index is 510. The largest absolute Gasteiger partial charge is 0.329 e. The number of nitrogens with zero attached hydrogens (tertiary/aromatic N) is 2. The van der Waals surface area contributed by atoms with Gasteiger partial charge in [0.25, 0.3) is 0 Å². The molecule has 1 rings (SSSR count). The molecule has 0 fully saturated rings. The second-order valence-corrected chi connectivity index (χ2v) is 9.19. The molecule has 0 radical (unpaired) electrons. The maximum Gasteiger partial charge on any atom is 0.155 e. The molecule has 22 heavy (non-hydrogen) atoms. The van der Waals surface area contributed by atoms with E-state index in [1.807, 2.05) is 33.3 Å². The molecule has 0 saturated carbocycles. The van der Waals surface area contributed by atoms with Gasteiger partial charge in [0.15, 0.2) is 5.78 Å². The number of carbonyl (C=O) groups is 1. The van der Waals surface area contributed by atoms with Crippen molar-refractivity contribution in [2.24, 2.45) is 5.41 Å². The average molecular weight is 307 g/mol. The molecule has 4 nitrogen and oxygen atoms in total. The Balaban J connectivity index is 3.10. The first kappa shape index (κ1) is 18.9. The van der Waals surface area contributed by atoms with Crippen molar-refractivity contribution in [2.45, 2.75) is 85.9 Å². The number of Topliss-reactive ketones (excluding diaryl/α,β-unsaturated/α-hetero) is 1.